The lowest BCUT2D eigenvalue weighted by Gasteiger charge is -2.27. The number of aromatic amines is 3. The van der Waals surface area contributed by atoms with Crippen molar-refractivity contribution in [3.63, 3.8) is 0 Å². The van der Waals surface area contributed by atoms with Crippen LogP contribution in [0.4, 0.5) is 9.59 Å². The van der Waals surface area contributed by atoms with Crippen molar-refractivity contribution in [3.8, 4) is 33.6 Å². The van der Waals surface area contributed by atoms with Crippen LogP contribution < -0.4 is 10.6 Å². The van der Waals surface area contributed by atoms with Crippen LogP contribution in [0.3, 0.4) is 0 Å². The third-order valence-corrected chi connectivity index (χ3v) is 9.17. The lowest BCUT2D eigenvalue weighted by atomic mass is 9.95. The molecule has 1 atom stereocenters. The average molecular weight is 844 g/mol. The second kappa shape index (κ2) is 27.6. The first-order valence-electron chi connectivity index (χ1n) is 21.4. The van der Waals surface area contributed by atoms with Gasteiger partial charge < -0.3 is 44.9 Å². The lowest BCUT2D eigenvalue weighted by Crippen LogP contribution is -2.42. The molecule has 1 unspecified atom stereocenters. The fourth-order valence-electron chi connectivity index (χ4n) is 6.35. The highest BCUT2D eigenvalue weighted by molar-refractivity contribution is 6.04. The van der Waals surface area contributed by atoms with Crippen LogP contribution in [0.5, 0.6) is 0 Å². The molecule has 334 valence electrons. The molecule has 5 aromatic rings. The van der Waals surface area contributed by atoms with Crippen LogP contribution in [0.2, 0.25) is 0 Å². The number of carbonyl (C=O) groups is 4. The summed E-state index contributed by atoms with van der Waals surface area (Å²) in [5, 5.41) is 5.97. The van der Waals surface area contributed by atoms with Gasteiger partial charge in [-0.2, -0.15) is 0 Å². The number of hydrogen-bond donors (Lipinski definition) is 5. The molecule has 1 aliphatic rings. The standard InChI is InChI=1S/C30H33N7O3.C8H14N2O3.2C3H8.C2H6/c1-5-12-37(26(38)16-34-30(39)40-4)19(3)29-33-15-25(36-29)23-11-10-22(27-18(2)13-32-28(23)27)20-6-8-21(9-7-20)24-14-31-17-35-24;1-13-8(12)9-6-7(11)10-4-2-3-5-10;2*1-3-2;1-2/h6-11,13-15,17,19,32H,5,12,16H2,1-4H3,(H,31,35)(H,33,36)(H,34,39);2-6H2,1H3,(H,9,12);2*3H2,1-2H3;1-2H3. The van der Waals surface area contributed by atoms with Crippen molar-refractivity contribution in [2.45, 2.75) is 100 Å². The van der Waals surface area contributed by atoms with E-state index in [1.165, 1.54) is 27.1 Å². The molecule has 61 heavy (non-hydrogen) atoms. The molecule has 2 aromatic carbocycles. The summed E-state index contributed by atoms with van der Waals surface area (Å²) in [7, 11) is 2.54. The molecule has 0 bridgehead atoms. The Morgan fingerprint density at radius 3 is 1.93 bits per heavy atom. The van der Waals surface area contributed by atoms with Crippen molar-refractivity contribution < 1.29 is 28.7 Å². The highest BCUT2D eigenvalue weighted by Crippen LogP contribution is 2.37. The molecule has 1 fully saturated rings. The molecule has 15 nitrogen and oxygen atoms in total. The molecule has 3 aromatic heterocycles. The van der Waals surface area contributed by atoms with E-state index >= 15 is 0 Å². The first kappa shape index (κ1) is 51.0. The van der Waals surface area contributed by atoms with Crippen LogP contribution >= 0.6 is 0 Å². The maximum Gasteiger partial charge on any atom is 0.407 e. The predicted octanol–water partition coefficient (Wildman–Crippen LogP) is 9.40. The minimum absolute atomic E-state index is 0.0344. The Morgan fingerprint density at radius 2 is 1.38 bits per heavy atom. The van der Waals surface area contributed by atoms with E-state index in [2.05, 4.69) is 116 Å². The number of ether oxygens (including phenoxy) is 2. The number of nitrogens with zero attached hydrogens (tertiary/aromatic N) is 4. The molecule has 4 heterocycles. The molecule has 0 spiro atoms. The minimum Gasteiger partial charge on any atom is -0.453 e. The number of H-pyrrole nitrogens is 3. The maximum atomic E-state index is 12.9. The van der Waals surface area contributed by atoms with Crippen molar-refractivity contribution >= 4 is 34.9 Å². The number of methoxy groups -OCH3 is 2. The number of rotatable bonds is 11. The highest BCUT2D eigenvalue weighted by atomic mass is 16.5. The number of alkyl carbamates (subject to hydrolysis) is 2. The quantitative estimate of drug-likeness (QED) is 0.0869. The van der Waals surface area contributed by atoms with Crippen LogP contribution in [-0.4, -0.2) is 106 Å². The Balaban J connectivity index is 0.000000507. The Hall–Kier alpha value is -6.12. The van der Waals surface area contributed by atoms with Gasteiger partial charge in [0.1, 0.15) is 18.9 Å². The third kappa shape index (κ3) is 15.1. The van der Waals surface area contributed by atoms with Gasteiger partial charge in [0.2, 0.25) is 11.8 Å². The Labute approximate surface area is 361 Å². The van der Waals surface area contributed by atoms with E-state index in [1.807, 2.05) is 40.1 Å². The third-order valence-electron chi connectivity index (χ3n) is 9.17. The van der Waals surface area contributed by atoms with Gasteiger partial charge in [-0.3, -0.25) is 9.59 Å². The van der Waals surface area contributed by atoms with E-state index in [4.69, 9.17) is 0 Å². The van der Waals surface area contributed by atoms with Crippen molar-refractivity contribution in [1.82, 2.24) is 45.4 Å². The summed E-state index contributed by atoms with van der Waals surface area (Å²) in [6.07, 6.45) is 11.5. The maximum absolute atomic E-state index is 12.9. The summed E-state index contributed by atoms with van der Waals surface area (Å²) in [5.41, 5.74) is 8.33. The summed E-state index contributed by atoms with van der Waals surface area (Å²) >= 11 is 0. The van der Waals surface area contributed by atoms with Gasteiger partial charge >= 0.3 is 12.2 Å². The van der Waals surface area contributed by atoms with Gasteiger partial charge in [0.05, 0.1) is 55.9 Å². The number of carbonyl (C=O) groups excluding carboxylic acids is 4. The zero-order valence-corrected chi connectivity index (χ0v) is 38.2. The first-order chi connectivity index (χ1) is 29.5. The van der Waals surface area contributed by atoms with Crippen molar-refractivity contribution in [3.05, 3.63) is 72.7 Å². The van der Waals surface area contributed by atoms with Gasteiger partial charge in [0, 0.05) is 36.8 Å². The Morgan fingerprint density at radius 1 is 0.803 bits per heavy atom. The molecule has 6 rings (SSSR count). The van der Waals surface area contributed by atoms with Crippen LogP contribution in [-0.2, 0) is 19.1 Å². The normalized spacial score (nSPS) is 11.8. The summed E-state index contributed by atoms with van der Waals surface area (Å²) < 4.78 is 8.93. The number of likely N-dealkylation sites (tertiary alicyclic amines) is 1. The van der Waals surface area contributed by atoms with Crippen molar-refractivity contribution in [1.29, 1.82) is 0 Å². The minimum atomic E-state index is -0.639. The molecule has 4 amide bonds. The predicted molar refractivity (Wildman–Crippen MR) is 244 cm³/mol. The van der Waals surface area contributed by atoms with Crippen molar-refractivity contribution in [2.24, 2.45) is 0 Å². The lowest BCUT2D eigenvalue weighted by molar-refractivity contribution is -0.132. The van der Waals surface area contributed by atoms with Crippen LogP contribution in [0.1, 0.15) is 105 Å². The number of fused-ring (bicyclic) bond motifs is 1. The number of benzene rings is 2. The van der Waals surface area contributed by atoms with Crippen molar-refractivity contribution in [2.75, 3.05) is 46.9 Å². The Bertz CT molecular complexity index is 2030. The fourth-order valence-corrected chi connectivity index (χ4v) is 6.35. The molecule has 1 aliphatic heterocycles. The molecular formula is C46H69N9O6. The van der Waals surface area contributed by atoms with E-state index < -0.39 is 12.2 Å². The summed E-state index contributed by atoms with van der Waals surface area (Å²) in [4.78, 5) is 68.5. The van der Waals surface area contributed by atoms with E-state index in [0.29, 0.717) is 12.4 Å². The zero-order chi connectivity index (χ0) is 45.3. The molecular weight excluding hydrogens is 775 g/mol. The smallest absolute Gasteiger partial charge is 0.407 e. The van der Waals surface area contributed by atoms with Gasteiger partial charge in [-0.25, -0.2) is 19.6 Å². The monoisotopic (exact) mass is 844 g/mol. The molecule has 1 saturated heterocycles. The van der Waals surface area contributed by atoms with Gasteiger partial charge in [-0.15, -0.1) is 0 Å². The first-order valence-corrected chi connectivity index (χ1v) is 21.4. The van der Waals surface area contributed by atoms with E-state index in [-0.39, 0.29) is 30.9 Å². The molecule has 0 radical (unpaired) electrons. The van der Waals surface area contributed by atoms with Gasteiger partial charge in [0.15, 0.2) is 0 Å². The Kier molecular flexibility index (Phi) is 23.1. The van der Waals surface area contributed by atoms with E-state index in [9.17, 15) is 19.2 Å². The number of hydrogen-bond acceptors (Lipinski definition) is 8. The summed E-state index contributed by atoms with van der Waals surface area (Å²) in [6.45, 7) is 20.6. The molecule has 0 aliphatic carbocycles. The van der Waals surface area contributed by atoms with Gasteiger partial charge in [-0.05, 0) is 55.4 Å². The van der Waals surface area contributed by atoms with Crippen LogP contribution in [0.25, 0.3) is 44.5 Å². The number of imidazole rings is 2. The fraction of sp³-hybridized carbons (Fsp3) is 0.478. The zero-order valence-electron chi connectivity index (χ0n) is 38.2. The largest absolute Gasteiger partial charge is 0.453 e. The molecule has 5 N–H and O–H groups in total. The second-order valence-corrected chi connectivity index (χ2v) is 14.1. The molecule has 0 saturated carbocycles. The van der Waals surface area contributed by atoms with E-state index in [0.717, 1.165) is 82.5 Å². The summed E-state index contributed by atoms with van der Waals surface area (Å²) in [6, 6.07) is 12.4. The SMILES string of the molecule is CC.CCC.CCC.CCCN(C(=O)CNC(=O)OC)C(C)c1ncc(-c2ccc(-c3ccc(-c4cnc[nH]4)cc3)c3c(C)c[nH]c23)[nH]1.COC(=O)NCC(=O)N1CCCC1. The number of aromatic nitrogens is 5. The van der Waals surface area contributed by atoms with Gasteiger partial charge in [0.25, 0.3) is 0 Å². The number of nitrogens with one attached hydrogen (secondary N) is 5. The number of aryl methyl sites for hydroxylation is 1. The second-order valence-electron chi connectivity index (χ2n) is 14.1. The number of amides is 4. The molecule has 15 heteroatoms. The van der Waals surface area contributed by atoms with Crippen LogP contribution in [0.15, 0.2) is 61.3 Å². The average Bonchev–Trinajstić information content (AvgIpc) is 4.14. The topological polar surface area (TPSA) is 190 Å². The van der Waals surface area contributed by atoms with Gasteiger partial charge in [-0.1, -0.05) is 97.7 Å². The van der Waals surface area contributed by atoms with Crippen LogP contribution in [0, 0.1) is 6.92 Å². The summed E-state index contributed by atoms with van der Waals surface area (Å²) in [5.74, 6) is 0.427. The van der Waals surface area contributed by atoms with E-state index in [1.54, 1.807) is 22.3 Å². The highest BCUT2D eigenvalue weighted by Gasteiger charge is 2.24.